The Hall–Kier alpha value is -2.81. The van der Waals surface area contributed by atoms with Crippen molar-refractivity contribution in [1.29, 1.82) is 0 Å². The van der Waals surface area contributed by atoms with Gasteiger partial charge in [-0.15, -0.1) is 17.0 Å². The minimum absolute atomic E-state index is 0. The SMILES string of the molecule is Br.O=[N+]([O-])c1ccccc1C[P+](c1ccccc1)(c1ccccc1)c1ccccc1. The second-order valence-corrected chi connectivity index (χ2v) is 10.3. The van der Waals surface area contributed by atoms with E-state index in [9.17, 15) is 10.1 Å². The molecule has 30 heavy (non-hydrogen) atoms. The maximum atomic E-state index is 11.7. The molecule has 0 spiro atoms. The summed E-state index contributed by atoms with van der Waals surface area (Å²) in [6.07, 6.45) is 0.599. The Morgan fingerprint density at radius 1 is 0.600 bits per heavy atom. The van der Waals surface area contributed by atoms with E-state index in [1.807, 2.05) is 30.3 Å². The van der Waals surface area contributed by atoms with Gasteiger partial charge in [0, 0.05) is 6.07 Å². The van der Waals surface area contributed by atoms with Crippen molar-refractivity contribution in [3.63, 3.8) is 0 Å². The van der Waals surface area contributed by atoms with Gasteiger partial charge in [-0.1, -0.05) is 66.7 Å². The van der Waals surface area contributed by atoms with Gasteiger partial charge in [0.25, 0.3) is 5.69 Å². The third-order valence-corrected chi connectivity index (χ3v) is 9.54. The minimum Gasteiger partial charge on any atom is -0.258 e. The number of rotatable bonds is 6. The zero-order chi connectivity index (χ0) is 20.1. The highest BCUT2D eigenvalue weighted by atomic mass is 79.9. The van der Waals surface area contributed by atoms with E-state index >= 15 is 0 Å². The molecule has 5 heteroatoms. The molecule has 0 N–H and O–H groups in total. The van der Waals surface area contributed by atoms with Crippen LogP contribution in [0.5, 0.6) is 0 Å². The third-order valence-electron chi connectivity index (χ3n) is 5.19. The lowest BCUT2D eigenvalue weighted by Crippen LogP contribution is -2.32. The zero-order valence-corrected chi connectivity index (χ0v) is 18.9. The van der Waals surface area contributed by atoms with Crippen molar-refractivity contribution in [3.05, 3.63) is 131 Å². The lowest BCUT2D eigenvalue weighted by atomic mass is 10.2. The molecule has 0 fully saturated rings. The molecular weight excluding hydrogens is 457 g/mol. The summed E-state index contributed by atoms with van der Waals surface area (Å²) < 4.78 is 0. The summed E-state index contributed by atoms with van der Waals surface area (Å²) in [6, 6.07) is 38.4. The average Bonchev–Trinajstić information content (AvgIpc) is 2.79. The zero-order valence-electron chi connectivity index (χ0n) is 16.3. The number of nitrogens with zero attached hydrogens (tertiary/aromatic N) is 1. The Kier molecular flexibility index (Phi) is 7.15. The molecule has 150 valence electrons. The lowest BCUT2D eigenvalue weighted by Gasteiger charge is -2.27. The van der Waals surface area contributed by atoms with Crippen molar-refractivity contribution in [2.24, 2.45) is 0 Å². The van der Waals surface area contributed by atoms with Crippen LogP contribution in [-0.4, -0.2) is 4.92 Å². The molecule has 0 radical (unpaired) electrons. The van der Waals surface area contributed by atoms with E-state index in [1.54, 1.807) is 12.1 Å². The summed E-state index contributed by atoms with van der Waals surface area (Å²) in [4.78, 5) is 11.5. The van der Waals surface area contributed by atoms with Crippen LogP contribution in [0.2, 0.25) is 0 Å². The van der Waals surface area contributed by atoms with Gasteiger partial charge in [0.15, 0.2) is 0 Å². The largest absolute Gasteiger partial charge is 0.276 e. The number of para-hydroxylation sites is 1. The first-order chi connectivity index (χ1) is 14.2. The fraction of sp³-hybridized carbons (Fsp3) is 0.0400. The van der Waals surface area contributed by atoms with Gasteiger partial charge in [-0.2, -0.15) is 0 Å². The van der Waals surface area contributed by atoms with Crippen molar-refractivity contribution in [1.82, 2.24) is 0 Å². The maximum absolute atomic E-state index is 11.7. The van der Waals surface area contributed by atoms with Crippen LogP contribution in [0.25, 0.3) is 0 Å². The third kappa shape index (κ3) is 4.21. The first-order valence-corrected chi connectivity index (χ1v) is 11.5. The topological polar surface area (TPSA) is 43.1 Å². The number of nitro benzene ring substituents is 1. The first kappa shape index (κ1) is 21.9. The van der Waals surface area contributed by atoms with Crippen molar-refractivity contribution < 1.29 is 4.92 Å². The highest BCUT2D eigenvalue weighted by Crippen LogP contribution is 2.58. The Labute approximate surface area is 187 Å². The van der Waals surface area contributed by atoms with Gasteiger partial charge in [0.05, 0.1) is 10.5 Å². The van der Waals surface area contributed by atoms with Crippen LogP contribution >= 0.6 is 24.2 Å². The molecule has 0 aromatic heterocycles. The average molecular weight is 479 g/mol. The number of benzene rings is 4. The molecule has 0 aliphatic carbocycles. The van der Waals surface area contributed by atoms with Crippen LogP contribution in [0, 0.1) is 10.1 Å². The monoisotopic (exact) mass is 478 g/mol. The second kappa shape index (κ2) is 9.80. The van der Waals surface area contributed by atoms with Crippen LogP contribution in [0.4, 0.5) is 5.69 Å². The molecule has 0 saturated heterocycles. The van der Waals surface area contributed by atoms with Crippen molar-refractivity contribution >= 4 is 45.8 Å². The first-order valence-electron chi connectivity index (χ1n) is 9.49. The van der Waals surface area contributed by atoms with Gasteiger partial charge in [0.2, 0.25) is 0 Å². The Balaban J connectivity index is 0.00000256. The Bertz CT molecular complexity index is 1010. The molecule has 0 atom stereocenters. The molecule has 3 nitrogen and oxygen atoms in total. The van der Waals surface area contributed by atoms with Crippen LogP contribution < -0.4 is 15.9 Å². The number of hydrogen-bond acceptors (Lipinski definition) is 2. The van der Waals surface area contributed by atoms with Crippen LogP contribution in [0.1, 0.15) is 5.56 Å². The molecule has 4 aromatic carbocycles. The second-order valence-electron chi connectivity index (χ2n) is 6.86. The van der Waals surface area contributed by atoms with E-state index in [-0.39, 0.29) is 27.6 Å². The molecule has 0 bridgehead atoms. The smallest absolute Gasteiger partial charge is 0.258 e. The molecule has 0 heterocycles. The van der Waals surface area contributed by atoms with Gasteiger partial charge >= 0.3 is 0 Å². The molecule has 0 unspecified atom stereocenters. The molecule has 4 aromatic rings. The summed E-state index contributed by atoms with van der Waals surface area (Å²) in [5.41, 5.74) is 0.946. The van der Waals surface area contributed by atoms with Gasteiger partial charge < -0.3 is 0 Å². The number of hydrogen-bond donors (Lipinski definition) is 0. The van der Waals surface area contributed by atoms with Crippen molar-refractivity contribution in [2.45, 2.75) is 6.16 Å². The quantitative estimate of drug-likeness (QED) is 0.203. The predicted octanol–water partition coefficient (Wildman–Crippen LogP) is 5.67. The van der Waals surface area contributed by atoms with Gasteiger partial charge in [-0.3, -0.25) is 10.1 Å². The van der Waals surface area contributed by atoms with E-state index in [4.69, 9.17) is 0 Å². The summed E-state index contributed by atoms with van der Waals surface area (Å²) in [6.45, 7) is 0. The van der Waals surface area contributed by atoms with Crippen molar-refractivity contribution in [2.75, 3.05) is 0 Å². The lowest BCUT2D eigenvalue weighted by molar-refractivity contribution is -0.385. The summed E-state index contributed by atoms with van der Waals surface area (Å²) in [5.74, 6) is 0. The summed E-state index contributed by atoms with van der Waals surface area (Å²) in [5, 5.41) is 15.4. The summed E-state index contributed by atoms with van der Waals surface area (Å²) in [7, 11) is -2.15. The van der Waals surface area contributed by atoms with E-state index < -0.39 is 7.26 Å². The molecule has 4 rings (SSSR count). The fourth-order valence-corrected chi connectivity index (χ4v) is 8.11. The molecular formula is C25H22BrNO2P+. The fourth-order valence-electron chi connectivity index (χ4n) is 3.85. The van der Waals surface area contributed by atoms with Gasteiger partial charge in [-0.25, -0.2) is 0 Å². The molecule has 0 saturated carbocycles. The van der Waals surface area contributed by atoms with E-state index in [0.717, 1.165) is 5.56 Å². The van der Waals surface area contributed by atoms with E-state index in [2.05, 4.69) is 72.8 Å². The maximum Gasteiger partial charge on any atom is 0.276 e. The van der Waals surface area contributed by atoms with E-state index in [0.29, 0.717) is 6.16 Å². The molecule has 0 aliphatic rings. The number of nitro groups is 1. The van der Waals surface area contributed by atoms with Crippen molar-refractivity contribution in [3.8, 4) is 0 Å². The van der Waals surface area contributed by atoms with E-state index in [1.165, 1.54) is 15.9 Å². The number of halogens is 1. The van der Waals surface area contributed by atoms with Gasteiger partial charge in [0.1, 0.15) is 29.3 Å². The highest BCUT2D eigenvalue weighted by Gasteiger charge is 2.46. The Morgan fingerprint density at radius 2 is 0.967 bits per heavy atom. The summed E-state index contributed by atoms with van der Waals surface area (Å²) >= 11 is 0. The van der Waals surface area contributed by atoms with Crippen LogP contribution in [0.3, 0.4) is 0 Å². The molecule has 0 aliphatic heterocycles. The highest BCUT2D eigenvalue weighted by molar-refractivity contribution is 8.93. The molecule has 0 amide bonds. The van der Waals surface area contributed by atoms with Gasteiger partial charge in [-0.05, 0) is 42.5 Å². The van der Waals surface area contributed by atoms with Crippen LogP contribution in [-0.2, 0) is 6.16 Å². The predicted molar refractivity (Wildman–Crippen MR) is 132 cm³/mol. The van der Waals surface area contributed by atoms with Crippen LogP contribution in [0.15, 0.2) is 115 Å². The standard InChI is InChI=1S/C25H21NO2P.BrH/c27-26(28)25-19-11-10-12-21(25)20-29(22-13-4-1-5-14-22,23-15-6-2-7-16-23)24-17-8-3-9-18-24;/h1-19H,20H2;1H/q+1;. The normalized spacial score (nSPS) is 10.8. The Morgan fingerprint density at radius 3 is 1.37 bits per heavy atom. The minimum atomic E-state index is -2.15.